The van der Waals surface area contributed by atoms with Crippen LogP contribution in [0.2, 0.25) is 0 Å². The predicted octanol–water partition coefficient (Wildman–Crippen LogP) is 3.94. The molecule has 2 N–H and O–H groups in total. The van der Waals surface area contributed by atoms with Gasteiger partial charge in [0, 0.05) is 29.7 Å². The Kier molecular flexibility index (Phi) is 2.76. The van der Waals surface area contributed by atoms with Gasteiger partial charge in [0.15, 0.2) is 0 Å². The minimum atomic E-state index is 0.269. The topological polar surface area (TPSA) is 53.8 Å². The number of aromatic nitrogens is 3. The molecule has 0 fully saturated rings. The molecule has 2 aromatic carbocycles. The number of nitrogens with one attached hydrogen (secondary N) is 1. The molecule has 0 radical (unpaired) electrons. The number of aryl methyl sites for hydroxylation is 1. The second-order valence-corrected chi connectivity index (χ2v) is 5.31. The summed E-state index contributed by atoms with van der Waals surface area (Å²) in [6.45, 7) is 0. The van der Waals surface area contributed by atoms with Crippen molar-refractivity contribution in [1.82, 2.24) is 14.8 Å². The molecule has 0 bridgehead atoms. The Labute approximate surface area is 127 Å². The van der Waals surface area contributed by atoms with Gasteiger partial charge in [-0.05, 0) is 29.8 Å². The van der Waals surface area contributed by atoms with E-state index in [1.54, 1.807) is 18.3 Å². The third-order valence-electron chi connectivity index (χ3n) is 3.94. The molecule has 0 aliphatic heterocycles. The number of hydrogen-bond donors (Lipinski definition) is 2. The van der Waals surface area contributed by atoms with Gasteiger partial charge < -0.3 is 10.1 Å². The Balaban J connectivity index is 2.06. The second-order valence-electron chi connectivity index (χ2n) is 5.31. The smallest absolute Gasteiger partial charge is 0.115 e. The SMILES string of the molecule is Cn1nccc1-c1[nH]c2ccccc2c1-c1ccc(O)cc1. The van der Waals surface area contributed by atoms with Crippen molar-refractivity contribution in [1.29, 1.82) is 0 Å². The van der Waals surface area contributed by atoms with Crippen LogP contribution >= 0.6 is 0 Å². The summed E-state index contributed by atoms with van der Waals surface area (Å²) in [6.07, 6.45) is 1.79. The molecule has 4 aromatic rings. The van der Waals surface area contributed by atoms with E-state index in [1.807, 2.05) is 42.1 Å². The van der Waals surface area contributed by atoms with E-state index < -0.39 is 0 Å². The summed E-state index contributed by atoms with van der Waals surface area (Å²) in [5.41, 5.74) is 5.33. The lowest BCUT2D eigenvalue weighted by molar-refractivity contribution is 0.475. The van der Waals surface area contributed by atoms with Crippen LogP contribution in [-0.2, 0) is 7.05 Å². The van der Waals surface area contributed by atoms with Crippen LogP contribution in [0.5, 0.6) is 5.75 Å². The number of fused-ring (bicyclic) bond motifs is 1. The Morgan fingerprint density at radius 1 is 1.00 bits per heavy atom. The summed E-state index contributed by atoms with van der Waals surface area (Å²) in [4.78, 5) is 3.50. The standard InChI is InChI=1S/C18H15N3O/c1-21-16(10-11-19-21)18-17(12-6-8-13(22)9-7-12)14-4-2-3-5-15(14)20-18/h2-11,20,22H,1H3. The van der Waals surface area contributed by atoms with E-state index in [-0.39, 0.29) is 5.75 Å². The number of benzene rings is 2. The number of para-hydroxylation sites is 1. The number of hydrogen-bond acceptors (Lipinski definition) is 2. The normalized spacial score (nSPS) is 11.1. The highest BCUT2D eigenvalue weighted by molar-refractivity contribution is 6.03. The van der Waals surface area contributed by atoms with Gasteiger partial charge in [0.25, 0.3) is 0 Å². The number of H-pyrrole nitrogens is 1. The van der Waals surface area contributed by atoms with Gasteiger partial charge in [-0.3, -0.25) is 4.68 Å². The minimum absolute atomic E-state index is 0.269. The number of aromatic amines is 1. The molecule has 0 aliphatic rings. The van der Waals surface area contributed by atoms with E-state index in [0.29, 0.717) is 0 Å². The average molecular weight is 289 g/mol. The van der Waals surface area contributed by atoms with Gasteiger partial charge in [-0.25, -0.2) is 0 Å². The quantitative estimate of drug-likeness (QED) is 0.587. The summed E-state index contributed by atoms with van der Waals surface area (Å²) < 4.78 is 1.86. The lowest BCUT2D eigenvalue weighted by atomic mass is 10.0. The lowest BCUT2D eigenvalue weighted by Crippen LogP contribution is -1.94. The molecule has 0 atom stereocenters. The molecule has 0 spiro atoms. The van der Waals surface area contributed by atoms with Crippen LogP contribution < -0.4 is 0 Å². The molecule has 0 aliphatic carbocycles. The number of aromatic hydroxyl groups is 1. The molecule has 108 valence electrons. The van der Waals surface area contributed by atoms with Crippen LogP contribution in [0.15, 0.2) is 60.8 Å². The van der Waals surface area contributed by atoms with Crippen molar-refractivity contribution >= 4 is 10.9 Å². The summed E-state index contributed by atoms with van der Waals surface area (Å²) in [5.74, 6) is 0.269. The zero-order valence-electron chi connectivity index (χ0n) is 12.1. The first kappa shape index (κ1) is 12.7. The van der Waals surface area contributed by atoms with Crippen LogP contribution in [-0.4, -0.2) is 19.9 Å². The van der Waals surface area contributed by atoms with E-state index in [4.69, 9.17) is 0 Å². The Bertz CT molecular complexity index is 948. The van der Waals surface area contributed by atoms with E-state index in [1.165, 1.54) is 0 Å². The fourth-order valence-electron chi connectivity index (χ4n) is 2.88. The number of rotatable bonds is 2. The van der Waals surface area contributed by atoms with Gasteiger partial charge in [-0.15, -0.1) is 0 Å². The average Bonchev–Trinajstić information content (AvgIpc) is 3.11. The molecule has 0 saturated heterocycles. The number of phenols is 1. The molecule has 4 heteroatoms. The second kappa shape index (κ2) is 4.77. The third kappa shape index (κ3) is 1.89. The lowest BCUT2D eigenvalue weighted by Gasteiger charge is -2.06. The molecule has 0 unspecified atom stereocenters. The van der Waals surface area contributed by atoms with E-state index >= 15 is 0 Å². The molecule has 2 aromatic heterocycles. The van der Waals surface area contributed by atoms with Crippen molar-refractivity contribution in [2.45, 2.75) is 0 Å². The first-order valence-electron chi connectivity index (χ1n) is 7.12. The maximum absolute atomic E-state index is 9.54. The maximum Gasteiger partial charge on any atom is 0.115 e. The fourth-order valence-corrected chi connectivity index (χ4v) is 2.88. The van der Waals surface area contributed by atoms with Crippen molar-refractivity contribution in [3.05, 3.63) is 60.8 Å². The highest BCUT2D eigenvalue weighted by Crippen LogP contribution is 2.38. The molecule has 4 rings (SSSR count). The van der Waals surface area contributed by atoms with Crippen molar-refractivity contribution in [2.75, 3.05) is 0 Å². The highest BCUT2D eigenvalue weighted by Gasteiger charge is 2.16. The molecular formula is C18H15N3O. The maximum atomic E-state index is 9.54. The number of phenolic OH excluding ortho intramolecular Hbond substituents is 1. The monoisotopic (exact) mass is 289 g/mol. The van der Waals surface area contributed by atoms with Crippen molar-refractivity contribution < 1.29 is 5.11 Å². The largest absolute Gasteiger partial charge is 0.508 e. The molecule has 0 amide bonds. The van der Waals surface area contributed by atoms with Gasteiger partial charge in [-0.1, -0.05) is 30.3 Å². The summed E-state index contributed by atoms with van der Waals surface area (Å²) in [7, 11) is 1.93. The zero-order chi connectivity index (χ0) is 15.1. The predicted molar refractivity (Wildman–Crippen MR) is 87.6 cm³/mol. The Morgan fingerprint density at radius 3 is 2.50 bits per heavy atom. The molecular weight excluding hydrogens is 274 g/mol. The number of nitrogens with zero attached hydrogens (tertiary/aromatic N) is 2. The van der Waals surface area contributed by atoms with Crippen molar-refractivity contribution in [3.63, 3.8) is 0 Å². The molecule has 22 heavy (non-hydrogen) atoms. The van der Waals surface area contributed by atoms with Crippen LogP contribution in [0.3, 0.4) is 0 Å². The summed E-state index contributed by atoms with van der Waals surface area (Å²) in [5, 5.41) is 15.0. The van der Waals surface area contributed by atoms with Crippen LogP contribution in [0.1, 0.15) is 0 Å². The minimum Gasteiger partial charge on any atom is -0.508 e. The van der Waals surface area contributed by atoms with E-state index in [9.17, 15) is 5.11 Å². The first-order valence-corrected chi connectivity index (χ1v) is 7.12. The first-order chi connectivity index (χ1) is 10.7. The van der Waals surface area contributed by atoms with Gasteiger partial charge in [0.1, 0.15) is 5.75 Å². The van der Waals surface area contributed by atoms with Gasteiger partial charge in [0.05, 0.1) is 11.4 Å². The van der Waals surface area contributed by atoms with E-state index in [0.717, 1.165) is 33.4 Å². The molecule has 0 saturated carbocycles. The van der Waals surface area contributed by atoms with Crippen molar-refractivity contribution in [2.24, 2.45) is 7.05 Å². The van der Waals surface area contributed by atoms with Crippen LogP contribution in [0.25, 0.3) is 33.4 Å². The van der Waals surface area contributed by atoms with Gasteiger partial charge in [-0.2, -0.15) is 5.10 Å². The summed E-state index contributed by atoms with van der Waals surface area (Å²) >= 11 is 0. The third-order valence-corrected chi connectivity index (χ3v) is 3.94. The Hall–Kier alpha value is -3.01. The van der Waals surface area contributed by atoms with Crippen LogP contribution in [0, 0.1) is 0 Å². The molecule has 4 nitrogen and oxygen atoms in total. The van der Waals surface area contributed by atoms with Gasteiger partial charge in [0.2, 0.25) is 0 Å². The van der Waals surface area contributed by atoms with E-state index in [2.05, 4.69) is 22.2 Å². The van der Waals surface area contributed by atoms with Gasteiger partial charge >= 0.3 is 0 Å². The molecule has 2 heterocycles. The highest BCUT2D eigenvalue weighted by atomic mass is 16.3. The fraction of sp³-hybridized carbons (Fsp3) is 0.0556. The Morgan fingerprint density at radius 2 is 1.77 bits per heavy atom. The van der Waals surface area contributed by atoms with Crippen molar-refractivity contribution in [3.8, 4) is 28.3 Å². The summed E-state index contributed by atoms with van der Waals surface area (Å²) in [6, 6.07) is 17.5. The van der Waals surface area contributed by atoms with Crippen LogP contribution in [0.4, 0.5) is 0 Å². The zero-order valence-corrected chi connectivity index (χ0v) is 12.1.